The van der Waals surface area contributed by atoms with E-state index in [2.05, 4.69) is 5.32 Å². The maximum atomic E-state index is 12.7. The largest absolute Gasteiger partial charge is 0.393 e. The van der Waals surface area contributed by atoms with Crippen LogP contribution < -0.4 is 5.32 Å². The van der Waals surface area contributed by atoms with Crippen molar-refractivity contribution in [1.82, 2.24) is 10.2 Å². The smallest absolute Gasteiger partial charge is 0.243 e. The Balaban J connectivity index is 2.08. The van der Waals surface area contributed by atoms with Crippen LogP contribution >= 0.6 is 0 Å². The quantitative estimate of drug-likeness (QED) is 0.865. The molecule has 0 fully saturated rings. The Hall–Kier alpha value is -1.88. The van der Waals surface area contributed by atoms with Gasteiger partial charge in [-0.1, -0.05) is 38.1 Å². The average Bonchev–Trinajstić information content (AvgIpc) is 2.50. The monoisotopic (exact) mass is 332 g/mol. The molecule has 2 N–H and O–H groups in total. The molecule has 0 spiro atoms. The van der Waals surface area contributed by atoms with Gasteiger partial charge in [-0.2, -0.15) is 0 Å². The molecule has 1 heterocycles. The van der Waals surface area contributed by atoms with Crippen molar-refractivity contribution in [2.45, 2.75) is 59.2 Å². The zero-order valence-electron chi connectivity index (χ0n) is 15.0. The Morgan fingerprint density at radius 2 is 1.96 bits per heavy atom. The van der Waals surface area contributed by atoms with Crippen molar-refractivity contribution in [3.05, 3.63) is 35.4 Å². The molecule has 0 radical (unpaired) electrons. The lowest BCUT2D eigenvalue weighted by molar-refractivity contribution is -0.140. The first-order valence-corrected chi connectivity index (χ1v) is 8.49. The van der Waals surface area contributed by atoms with Gasteiger partial charge in [0.25, 0.3) is 0 Å². The molecule has 1 aromatic carbocycles. The third kappa shape index (κ3) is 4.57. The summed E-state index contributed by atoms with van der Waals surface area (Å²) < 4.78 is 0. The minimum absolute atomic E-state index is 0.0899. The molecule has 2 rings (SSSR count). The van der Waals surface area contributed by atoms with Gasteiger partial charge in [-0.25, -0.2) is 0 Å². The summed E-state index contributed by atoms with van der Waals surface area (Å²) in [6.07, 6.45) is 0.738. The summed E-state index contributed by atoms with van der Waals surface area (Å²) in [6.45, 7) is 8.23. The van der Waals surface area contributed by atoms with E-state index in [0.29, 0.717) is 25.9 Å². The summed E-state index contributed by atoms with van der Waals surface area (Å²) >= 11 is 0. The van der Waals surface area contributed by atoms with Gasteiger partial charge in [0.1, 0.15) is 6.04 Å². The van der Waals surface area contributed by atoms with E-state index < -0.39 is 12.1 Å². The first kappa shape index (κ1) is 18.5. The topological polar surface area (TPSA) is 69.6 Å². The summed E-state index contributed by atoms with van der Waals surface area (Å²) in [4.78, 5) is 26.3. The van der Waals surface area contributed by atoms with Gasteiger partial charge in [-0.05, 0) is 29.9 Å². The molecule has 2 atom stereocenters. The van der Waals surface area contributed by atoms with Crippen molar-refractivity contribution in [3.8, 4) is 0 Å². The normalized spacial score (nSPS) is 18.7. The highest BCUT2D eigenvalue weighted by molar-refractivity contribution is 5.87. The molecule has 0 bridgehead atoms. The van der Waals surface area contributed by atoms with E-state index >= 15 is 0 Å². The average molecular weight is 332 g/mol. The second kappa shape index (κ2) is 7.34. The number of carbonyl (C=O) groups is 2. The van der Waals surface area contributed by atoms with Crippen molar-refractivity contribution in [1.29, 1.82) is 0 Å². The highest BCUT2D eigenvalue weighted by Crippen LogP contribution is 2.25. The van der Waals surface area contributed by atoms with Gasteiger partial charge in [-0.15, -0.1) is 0 Å². The summed E-state index contributed by atoms with van der Waals surface area (Å²) in [5.41, 5.74) is 2.03. The van der Waals surface area contributed by atoms with Crippen LogP contribution in [0, 0.1) is 5.41 Å². The molecule has 0 saturated carbocycles. The highest BCUT2D eigenvalue weighted by Gasteiger charge is 2.33. The molecular formula is C19H28N2O3. The number of amides is 2. The molecule has 2 amide bonds. The highest BCUT2D eigenvalue weighted by atomic mass is 16.3. The number of aliphatic hydroxyl groups excluding tert-OH is 1. The van der Waals surface area contributed by atoms with E-state index in [0.717, 1.165) is 11.1 Å². The van der Waals surface area contributed by atoms with Crippen LogP contribution in [0.2, 0.25) is 0 Å². The molecule has 0 aromatic heterocycles. The molecule has 5 nitrogen and oxygen atoms in total. The van der Waals surface area contributed by atoms with Crippen LogP contribution in [0.5, 0.6) is 0 Å². The van der Waals surface area contributed by atoms with Crippen LogP contribution in [0.25, 0.3) is 0 Å². The summed E-state index contributed by atoms with van der Waals surface area (Å²) in [6, 6.07) is 7.47. The Bertz CT molecular complexity index is 610. The summed E-state index contributed by atoms with van der Waals surface area (Å²) in [7, 11) is 0. The third-order valence-electron chi connectivity index (χ3n) is 4.54. The van der Waals surface area contributed by atoms with E-state index in [4.69, 9.17) is 0 Å². The van der Waals surface area contributed by atoms with Gasteiger partial charge >= 0.3 is 0 Å². The second-order valence-corrected chi connectivity index (χ2v) is 7.57. The SMILES string of the molecule is CC(=O)N1Cc2ccccc2CC1C(=O)NCC(C)(C)CC(C)O. The molecule has 5 heteroatoms. The van der Waals surface area contributed by atoms with Crippen LogP contribution in [0.1, 0.15) is 45.2 Å². The fraction of sp³-hybridized carbons (Fsp3) is 0.579. The molecule has 132 valence electrons. The fourth-order valence-corrected chi connectivity index (χ4v) is 3.40. The molecule has 24 heavy (non-hydrogen) atoms. The first-order valence-electron chi connectivity index (χ1n) is 8.49. The van der Waals surface area contributed by atoms with E-state index in [-0.39, 0.29) is 17.2 Å². The van der Waals surface area contributed by atoms with Crippen LogP contribution in [0.4, 0.5) is 0 Å². The number of nitrogens with one attached hydrogen (secondary N) is 1. The van der Waals surface area contributed by atoms with Gasteiger partial charge in [0, 0.05) is 26.4 Å². The number of rotatable bonds is 5. The second-order valence-electron chi connectivity index (χ2n) is 7.57. The van der Waals surface area contributed by atoms with Crippen LogP contribution in [-0.4, -0.2) is 40.5 Å². The summed E-state index contributed by atoms with van der Waals surface area (Å²) in [5.74, 6) is -0.216. The Morgan fingerprint density at radius 1 is 1.33 bits per heavy atom. The lowest BCUT2D eigenvalue weighted by Crippen LogP contribution is -2.53. The zero-order valence-corrected chi connectivity index (χ0v) is 15.0. The molecule has 1 aromatic rings. The number of fused-ring (bicyclic) bond motifs is 1. The van der Waals surface area contributed by atoms with Gasteiger partial charge in [0.05, 0.1) is 6.10 Å². The van der Waals surface area contributed by atoms with Crippen molar-refractivity contribution in [2.24, 2.45) is 5.41 Å². The van der Waals surface area contributed by atoms with Crippen molar-refractivity contribution in [2.75, 3.05) is 6.54 Å². The molecule has 1 aliphatic rings. The Labute approximate surface area is 144 Å². The lowest BCUT2D eigenvalue weighted by atomic mass is 9.86. The molecule has 0 aliphatic carbocycles. The van der Waals surface area contributed by atoms with E-state index in [1.807, 2.05) is 38.1 Å². The summed E-state index contributed by atoms with van der Waals surface area (Å²) in [5, 5.41) is 12.5. The van der Waals surface area contributed by atoms with Crippen LogP contribution in [-0.2, 0) is 22.6 Å². The lowest BCUT2D eigenvalue weighted by Gasteiger charge is -2.36. The molecule has 0 saturated heterocycles. The minimum atomic E-state index is -0.472. The number of benzene rings is 1. The number of hydrogen-bond acceptors (Lipinski definition) is 3. The number of hydrogen-bond donors (Lipinski definition) is 2. The number of aliphatic hydroxyl groups is 1. The van der Waals surface area contributed by atoms with Crippen LogP contribution in [0.3, 0.4) is 0 Å². The van der Waals surface area contributed by atoms with E-state index in [1.165, 1.54) is 6.92 Å². The predicted molar refractivity (Wildman–Crippen MR) is 93.2 cm³/mol. The minimum Gasteiger partial charge on any atom is -0.393 e. The van der Waals surface area contributed by atoms with Gasteiger partial charge < -0.3 is 15.3 Å². The number of carbonyl (C=O) groups excluding carboxylic acids is 2. The Kier molecular flexibility index (Phi) is 5.65. The molecule has 1 aliphatic heterocycles. The number of nitrogens with zero attached hydrogens (tertiary/aromatic N) is 1. The van der Waals surface area contributed by atoms with E-state index in [1.54, 1.807) is 11.8 Å². The standard InChI is InChI=1S/C19H28N2O3/c1-13(22)10-19(3,4)12-20-18(24)17-9-15-7-5-6-8-16(15)11-21(17)14(2)23/h5-8,13,17,22H,9-12H2,1-4H3,(H,20,24). The van der Waals surface area contributed by atoms with Crippen molar-refractivity contribution >= 4 is 11.8 Å². The van der Waals surface area contributed by atoms with Gasteiger partial charge in [0.2, 0.25) is 11.8 Å². The van der Waals surface area contributed by atoms with Crippen LogP contribution in [0.15, 0.2) is 24.3 Å². The van der Waals surface area contributed by atoms with Gasteiger partial charge in [-0.3, -0.25) is 9.59 Å². The van der Waals surface area contributed by atoms with Gasteiger partial charge in [0.15, 0.2) is 0 Å². The third-order valence-corrected chi connectivity index (χ3v) is 4.54. The van der Waals surface area contributed by atoms with Crippen molar-refractivity contribution < 1.29 is 14.7 Å². The molecular weight excluding hydrogens is 304 g/mol. The van der Waals surface area contributed by atoms with E-state index in [9.17, 15) is 14.7 Å². The zero-order chi connectivity index (χ0) is 17.9. The van der Waals surface area contributed by atoms with Crippen molar-refractivity contribution in [3.63, 3.8) is 0 Å². The predicted octanol–water partition coefficient (Wildman–Crippen LogP) is 1.87. The first-order chi connectivity index (χ1) is 11.2. The fourth-order valence-electron chi connectivity index (χ4n) is 3.40. The maximum Gasteiger partial charge on any atom is 0.243 e. The maximum absolute atomic E-state index is 12.7. The Morgan fingerprint density at radius 3 is 2.54 bits per heavy atom. The molecule has 2 unspecified atom stereocenters.